The molecule has 7 nitrogen and oxygen atoms in total. The third kappa shape index (κ3) is 3.20. The van der Waals surface area contributed by atoms with Crippen LogP contribution >= 0.6 is 0 Å². The van der Waals surface area contributed by atoms with E-state index in [4.69, 9.17) is 4.52 Å². The molecule has 1 amide bonds. The minimum atomic E-state index is -0.0525. The molecule has 0 radical (unpaired) electrons. The van der Waals surface area contributed by atoms with Crippen molar-refractivity contribution in [3.8, 4) is 0 Å². The lowest BCUT2D eigenvalue weighted by Crippen LogP contribution is -2.34. The van der Waals surface area contributed by atoms with Gasteiger partial charge in [-0.3, -0.25) is 9.69 Å². The SMILES string of the molecule is CNC(=O)c1ccc([C@H]2CCCCN2Cc2noc(C3CC3)n2)n1C. The van der Waals surface area contributed by atoms with Crippen LogP contribution in [0.3, 0.4) is 0 Å². The van der Waals surface area contributed by atoms with Crippen molar-refractivity contribution >= 4 is 5.91 Å². The third-order valence-electron chi connectivity index (χ3n) is 5.33. The molecule has 25 heavy (non-hydrogen) atoms. The standard InChI is InChI=1S/C18H25N5O2/c1-19-17(24)15-9-8-13(22(15)2)14-5-3-4-10-23(14)11-16-20-18(25-21-16)12-6-7-12/h8-9,12,14H,3-7,10-11H2,1-2H3,(H,19,24)/t14-/m1/s1. The summed E-state index contributed by atoms with van der Waals surface area (Å²) in [4.78, 5) is 19.0. The van der Waals surface area contributed by atoms with Gasteiger partial charge in [0.1, 0.15) is 5.69 Å². The Bertz CT molecular complexity index is 761. The number of amides is 1. The molecule has 2 aliphatic rings. The molecule has 1 N–H and O–H groups in total. The normalized spacial score (nSPS) is 21.4. The fourth-order valence-corrected chi connectivity index (χ4v) is 3.74. The average Bonchev–Trinajstić information content (AvgIpc) is 3.26. The number of nitrogens with zero attached hydrogens (tertiary/aromatic N) is 4. The Kier molecular flexibility index (Phi) is 4.33. The molecule has 0 spiro atoms. The smallest absolute Gasteiger partial charge is 0.267 e. The largest absolute Gasteiger partial charge is 0.354 e. The zero-order valence-corrected chi connectivity index (χ0v) is 14.9. The van der Waals surface area contributed by atoms with E-state index >= 15 is 0 Å². The zero-order valence-electron chi connectivity index (χ0n) is 14.9. The number of aromatic nitrogens is 3. The van der Waals surface area contributed by atoms with Gasteiger partial charge in [0, 0.05) is 25.7 Å². The molecule has 2 aromatic rings. The Morgan fingerprint density at radius 1 is 1.32 bits per heavy atom. The lowest BCUT2D eigenvalue weighted by Gasteiger charge is -2.35. The minimum absolute atomic E-state index is 0.0525. The number of hydrogen-bond donors (Lipinski definition) is 1. The third-order valence-corrected chi connectivity index (χ3v) is 5.33. The molecule has 1 saturated heterocycles. The summed E-state index contributed by atoms with van der Waals surface area (Å²) in [6.07, 6.45) is 5.79. The summed E-state index contributed by atoms with van der Waals surface area (Å²) in [6, 6.07) is 4.25. The second kappa shape index (κ2) is 6.63. The van der Waals surface area contributed by atoms with E-state index in [1.54, 1.807) is 7.05 Å². The van der Waals surface area contributed by atoms with Crippen molar-refractivity contribution in [2.24, 2.45) is 7.05 Å². The molecule has 1 aliphatic heterocycles. The van der Waals surface area contributed by atoms with Crippen molar-refractivity contribution in [1.29, 1.82) is 0 Å². The maximum absolute atomic E-state index is 12.0. The van der Waals surface area contributed by atoms with Crippen LogP contribution in [0.2, 0.25) is 0 Å². The highest BCUT2D eigenvalue weighted by Gasteiger charge is 2.31. The highest BCUT2D eigenvalue weighted by atomic mass is 16.5. The van der Waals surface area contributed by atoms with Gasteiger partial charge < -0.3 is 14.4 Å². The van der Waals surface area contributed by atoms with Gasteiger partial charge in [-0.15, -0.1) is 0 Å². The van der Waals surface area contributed by atoms with E-state index in [2.05, 4.69) is 26.4 Å². The predicted octanol–water partition coefficient (Wildman–Crippen LogP) is 2.37. The summed E-state index contributed by atoms with van der Waals surface area (Å²) in [6.45, 7) is 1.71. The van der Waals surface area contributed by atoms with Crippen LogP contribution in [-0.4, -0.2) is 39.1 Å². The topological polar surface area (TPSA) is 76.2 Å². The van der Waals surface area contributed by atoms with E-state index in [9.17, 15) is 4.79 Å². The first kappa shape index (κ1) is 16.3. The lowest BCUT2D eigenvalue weighted by atomic mass is 9.99. The van der Waals surface area contributed by atoms with Gasteiger partial charge in [0.05, 0.1) is 12.6 Å². The van der Waals surface area contributed by atoms with E-state index < -0.39 is 0 Å². The van der Waals surface area contributed by atoms with Crippen LogP contribution in [0, 0.1) is 0 Å². The predicted molar refractivity (Wildman–Crippen MR) is 92.1 cm³/mol. The molecule has 4 rings (SSSR count). The number of nitrogens with one attached hydrogen (secondary N) is 1. The molecule has 1 atom stereocenters. The first-order chi connectivity index (χ1) is 12.2. The van der Waals surface area contributed by atoms with Gasteiger partial charge in [0.15, 0.2) is 5.82 Å². The monoisotopic (exact) mass is 343 g/mol. The summed E-state index contributed by atoms with van der Waals surface area (Å²) in [5.41, 5.74) is 1.86. The summed E-state index contributed by atoms with van der Waals surface area (Å²) in [7, 11) is 3.63. The minimum Gasteiger partial charge on any atom is -0.354 e. The van der Waals surface area contributed by atoms with Crippen molar-refractivity contribution in [2.45, 2.75) is 50.6 Å². The van der Waals surface area contributed by atoms with E-state index in [0.717, 1.165) is 24.7 Å². The Hall–Kier alpha value is -2.15. The maximum atomic E-state index is 12.0. The van der Waals surface area contributed by atoms with Crippen LogP contribution in [0.1, 0.15) is 72.0 Å². The second-order valence-electron chi connectivity index (χ2n) is 7.09. The van der Waals surface area contributed by atoms with Gasteiger partial charge in [-0.2, -0.15) is 4.98 Å². The highest BCUT2D eigenvalue weighted by molar-refractivity contribution is 5.92. The molecule has 134 valence electrons. The number of carbonyl (C=O) groups excluding carboxylic acids is 1. The Labute approximate surface area is 147 Å². The Morgan fingerprint density at radius 2 is 2.16 bits per heavy atom. The van der Waals surface area contributed by atoms with Crippen molar-refractivity contribution in [1.82, 2.24) is 24.9 Å². The average molecular weight is 343 g/mol. The molecule has 7 heteroatoms. The molecule has 0 aromatic carbocycles. The molecule has 1 saturated carbocycles. The van der Waals surface area contributed by atoms with Crippen LogP contribution in [0.4, 0.5) is 0 Å². The van der Waals surface area contributed by atoms with Crippen molar-refractivity contribution in [3.63, 3.8) is 0 Å². The van der Waals surface area contributed by atoms with Crippen molar-refractivity contribution in [2.75, 3.05) is 13.6 Å². The van der Waals surface area contributed by atoms with E-state index in [1.165, 1.54) is 31.4 Å². The number of carbonyl (C=O) groups is 1. The molecular formula is C18H25N5O2. The van der Waals surface area contributed by atoms with E-state index in [1.807, 2.05) is 17.7 Å². The number of hydrogen-bond acceptors (Lipinski definition) is 5. The second-order valence-corrected chi connectivity index (χ2v) is 7.09. The van der Waals surface area contributed by atoms with Crippen LogP contribution in [0.25, 0.3) is 0 Å². The molecule has 3 heterocycles. The Morgan fingerprint density at radius 3 is 2.92 bits per heavy atom. The molecule has 1 aliphatic carbocycles. The van der Waals surface area contributed by atoms with Gasteiger partial charge in [0.2, 0.25) is 5.89 Å². The fourth-order valence-electron chi connectivity index (χ4n) is 3.74. The van der Waals surface area contributed by atoms with E-state index in [-0.39, 0.29) is 11.9 Å². The van der Waals surface area contributed by atoms with Crippen LogP contribution in [0.5, 0.6) is 0 Å². The van der Waals surface area contributed by atoms with Crippen molar-refractivity contribution in [3.05, 3.63) is 35.2 Å². The Balaban J connectivity index is 1.54. The van der Waals surface area contributed by atoms with Gasteiger partial charge in [-0.05, 0) is 44.4 Å². The number of piperidine rings is 1. The fraction of sp³-hybridized carbons (Fsp3) is 0.611. The lowest BCUT2D eigenvalue weighted by molar-refractivity contribution is 0.0952. The maximum Gasteiger partial charge on any atom is 0.267 e. The summed E-state index contributed by atoms with van der Waals surface area (Å²) < 4.78 is 7.41. The molecule has 2 aromatic heterocycles. The van der Waals surface area contributed by atoms with Crippen LogP contribution in [-0.2, 0) is 13.6 Å². The summed E-state index contributed by atoms with van der Waals surface area (Å²) in [5.74, 6) is 2.00. The molecule has 2 fully saturated rings. The summed E-state index contributed by atoms with van der Waals surface area (Å²) >= 11 is 0. The molecule has 0 bridgehead atoms. The zero-order chi connectivity index (χ0) is 17.4. The van der Waals surface area contributed by atoms with Gasteiger partial charge >= 0.3 is 0 Å². The van der Waals surface area contributed by atoms with Gasteiger partial charge in [-0.25, -0.2) is 0 Å². The first-order valence-electron chi connectivity index (χ1n) is 9.11. The first-order valence-corrected chi connectivity index (χ1v) is 9.11. The quantitative estimate of drug-likeness (QED) is 0.902. The van der Waals surface area contributed by atoms with Gasteiger partial charge in [-0.1, -0.05) is 11.6 Å². The molecular weight excluding hydrogens is 318 g/mol. The number of likely N-dealkylation sites (tertiary alicyclic amines) is 1. The van der Waals surface area contributed by atoms with Gasteiger partial charge in [0.25, 0.3) is 5.91 Å². The van der Waals surface area contributed by atoms with Crippen LogP contribution in [0.15, 0.2) is 16.7 Å². The highest BCUT2D eigenvalue weighted by Crippen LogP contribution is 2.39. The van der Waals surface area contributed by atoms with Crippen LogP contribution < -0.4 is 5.32 Å². The number of rotatable bonds is 5. The van der Waals surface area contributed by atoms with E-state index in [0.29, 0.717) is 18.2 Å². The summed E-state index contributed by atoms with van der Waals surface area (Å²) in [5, 5.41) is 6.87. The molecule has 0 unspecified atom stereocenters. The van der Waals surface area contributed by atoms with Crippen molar-refractivity contribution < 1.29 is 9.32 Å².